The van der Waals surface area contributed by atoms with E-state index in [0.29, 0.717) is 5.56 Å². The van der Waals surface area contributed by atoms with Crippen LogP contribution in [0.2, 0.25) is 5.02 Å². The Bertz CT molecular complexity index is 390. The smallest absolute Gasteiger partial charge is 0.142 e. The average Bonchev–Trinajstić information content (AvgIpc) is 2.10. The van der Waals surface area contributed by atoms with E-state index >= 15 is 0 Å². The number of nitrogens with one attached hydrogen (secondary N) is 1. The maximum absolute atomic E-state index is 13.1. The lowest BCUT2D eigenvalue weighted by atomic mass is 9.93. The molecule has 1 fully saturated rings. The number of carbonyl (C=O) groups is 1. The number of benzene rings is 1. The van der Waals surface area contributed by atoms with Crippen LogP contribution in [0.5, 0.6) is 0 Å². The Kier molecular flexibility index (Phi) is 3.03. The van der Waals surface area contributed by atoms with Gasteiger partial charge in [0.05, 0.1) is 5.02 Å². The van der Waals surface area contributed by atoms with E-state index < -0.39 is 5.82 Å². The molecule has 4 heteroatoms. The second-order valence-corrected chi connectivity index (χ2v) is 4.09. The fourth-order valence-corrected chi connectivity index (χ4v) is 1.73. The largest absolute Gasteiger partial charge is 0.315 e. The van der Waals surface area contributed by atoms with E-state index in [-0.39, 0.29) is 23.1 Å². The van der Waals surface area contributed by atoms with E-state index in [9.17, 15) is 9.18 Å². The Morgan fingerprint density at radius 2 is 2.27 bits per heavy atom. The number of halogens is 2. The van der Waals surface area contributed by atoms with Gasteiger partial charge in [-0.2, -0.15) is 0 Å². The van der Waals surface area contributed by atoms with Gasteiger partial charge in [0, 0.05) is 25.4 Å². The molecule has 1 heterocycles. The second kappa shape index (κ2) is 4.29. The first-order valence-electron chi connectivity index (χ1n) is 4.85. The van der Waals surface area contributed by atoms with Crippen molar-refractivity contribution in [1.82, 2.24) is 5.32 Å². The van der Waals surface area contributed by atoms with Crippen LogP contribution in [0, 0.1) is 11.7 Å². The molecule has 1 aliphatic rings. The zero-order valence-electron chi connectivity index (χ0n) is 8.09. The zero-order chi connectivity index (χ0) is 10.8. The molecule has 15 heavy (non-hydrogen) atoms. The number of hydrogen-bond acceptors (Lipinski definition) is 2. The average molecular weight is 228 g/mol. The Hall–Kier alpha value is -0.930. The molecule has 1 aromatic rings. The van der Waals surface area contributed by atoms with E-state index in [4.69, 9.17) is 11.6 Å². The van der Waals surface area contributed by atoms with Crippen molar-refractivity contribution < 1.29 is 9.18 Å². The molecule has 1 N–H and O–H groups in total. The molecular weight excluding hydrogens is 217 g/mol. The van der Waals surface area contributed by atoms with Gasteiger partial charge >= 0.3 is 0 Å². The number of Topliss-reactive ketones (excluding diaryl/α,β-unsaturated/α-hetero) is 1. The molecule has 0 amide bonds. The summed E-state index contributed by atoms with van der Waals surface area (Å²) in [5, 5.41) is 3.09. The minimum Gasteiger partial charge on any atom is -0.315 e. The molecule has 0 spiro atoms. The monoisotopic (exact) mass is 227 g/mol. The molecule has 2 nitrogen and oxygen atoms in total. The van der Waals surface area contributed by atoms with Gasteiger partial charge in [0.25, 0.3) is 0 Å². The maximum atomic E-state index is 13.1. The lowest BCUT2D eigenvalue weighted by Crippen LogP contribution is -2.47. The molecule has 0 atom stereocenters. The first-order chi connectivity index (χ1) is 7.18. The third-order valence-electron chi connectivity index (χ3n) is 2.63. The molecule has 1 aliphatic heterocycles. The van der Waals surface area contributed by atoms with Crippen LogP contribution < -0.4 is 5.32 Å². The van der Waals surface area contributed by atoms with Gasteiger partial charge in [0.2, 0.25) is 0 Å². The summed E-state index contributed by atoms with van der Waals surface area (Å²) in [7, 11) is 0. The van der Waals surface area contributed by atoms with Gasteiger partial charge in [-0.15, -0.1) is 0 Å². The molecule has 0 unspecified atom stereocenters. The molecule has 1 saturated heterocycles. The van der Waals surface area contributed by atoms with Crippen molar-refractivity contribution in [3.63, 3.8) is 0 Å². The Balaban J connectivity index is 2.09. The summed E-state index contributed by atoms with van der Waals surface area (Å²) in [4.78, 5) is 11.6. The van der Waals surface area contributed by atoms with Crippen LogP contribution in [0.4, 0.5) is 4.39 Å². The fraction of sp³-hybridized carbons (Fsp3) is 0.364. The lowest BCUT2D eigenvalue weighted by Gasteiger charge is -2.25. The van der Waals surface area contributed by atoms with Crippen molar-refractivity contribution in [3.05, 3.63) is 34.6 Å². The quantitative estimate of drug-likeness (QED) is 0.854. The van der Waals surface area contributed by atoms with Crippen LogP contribution in [-0.4, -0.2) is 18.9 Å². The minimum atomic E-state index is -0.464. The topological polar surface area (TPSA) is 29.1 Å². The number of ketones is 1. The van der Waals surface area contributed by atoms with Crippen LogP contribution in [0.1, 0.15) is 5.56 Å². The van der Waals surface area contributed by atoms with Crippen molar-refractivity contribution in [2.45, 2.75) is 6.42 Å². The SMILES string of the molecule is O=C(Cc1cccc(F)c1Cl)C1CNC1. The van der Waals surface area contributed by atoms with Crippen molar-refractivity contribution in [2.24, 2.45) is 5.92 Å². The normalized spacial score (nSPS) is 16.1. The highest BCUT2D eigenvalue weighted by molar-refractivity contribution is 6.31. The predicted molar refractivity (Wildman–Crippen MR) is 56.5 cm³/mol. The van der Waals surface area contributed by atoms with E-state index in [1.807, 2.05) is 0 Å². The summed E-state index contributed by atoms with van der Waals surface area (Å²) in [5.74, 6) is -0.265. The molecule has 0 radical (unpaired) electrons. The van der Waals surface area contributed by atoms with E-state index in [2.05, 4.69) is 5.32 Å². The highest BCUT2D eigenvalue weighted by Gasteiger charge is 2.25. The van der Waals surface area contributed by atoms with Gasteiger partial charge < -0.3 is 5.32 Å². The highest BCUT2D eigenvalue weighted by Crippen LogP contribution is 2.21. The third-order valence-corrected chi connectivity index (χ3v) is 3.06. The Labute approximate surface area is 92.4 Å². The van der Waals surface area contributed by atoms with Crippen LogP contribution in [0.25, 0.3) is 0 Å². The molecular formula is C11H11ClFNO. The van der Waals surface area contributed by atoms with Gasteiger partial charge in [0.15, 0.2) is 0 Å². The molecule has 0 saturated carbocycles. The molecule has 0 aliphatic carbocycles. The summed E-state index contributed by atoms with van der Waals surface area (Å²) in [6.45, 7) is 1.46. The Morgan fingerprint density at radius 3 is 2.87 bits per heavy atom. The summed E-state index contributed by atoms with van der Waals surface area (Å²) < 4.78 is 13.1. The lowest BCUT2D eigenvalue weighted by molar-refractivity contribution is -0.123. The molecule has 1 aromatic carbocycles. The van der Waals surface area contributed by atoms with Crippen molar-refractivity contribution in [1.29, 1.82) is 0 Å². The molecule has 80 valence electrons. The zero-order valence-corrected chi connectivity index (χ0v) is 8.85. The van der Waals surface area contributed by atoms with Crippen molar-refractivity contribution in [2.75, 3.05) is 13.1 Å². The van der Waals surface area contributed by atoms with E-state index in [1.54, 1.807) is 12.1 Å². The van der Waals surface area contributed by atoms with E-state index in [0.717, 1.165) is 13.1 Å². The Morgan fingerprint density at radius 1 is 1.53 bits per heavy atom. The summed E-state index contributed by atoms with van der Waals surface area (Å²) in [6.07, 6.45) is 0.225. The fourth-order valence-electron chi connectivity index (χ4n) is 1.53. The van der Waals surface area contributed by atoms with Crippen LogP contribution >= 0.6 is 11.6 Å². The summed E-state index contributed by atoms with van der Waals surface area (Å²) >= 11 is 5.76. The van der Waals surface area contributed by atoms with Gasteiger partial charge in [-0.25, -0.2) is 4.39 Å². The van der Waals surface area contributed by atoms with Gasteiger partial charge in [-0.05, 0) is 11.6 Å². The highest BCUT2D eigenvalue weighted by atomic mass is 35.5. The third kappa shape index (κ3) is 2.19. The van der Waals surface area contributed by atoms with Crippen LogP contribution in [0.15, 0.2) is 18.2 Å². The maximum Gasteiger partial charge on any atom is 0.142 e. The van der Waals surface area contributed by atoms with Gasteiger partial charge in [-0.1, -0.05) is 23.7 Å². The van der Waals surface area contributed by atoms with Gasteiger partial charge in [-0.3, -0.25) is 4.79 Å². The first-order valence-corrected chi connectivity index (χ1v) is 5.22. The number of rotatable bonds is 3. The van der Waals surface area contributed by atoms with Gasteiger partial charge in [0.1, 0.15) is 11.6 Å². The first kappa shape index (κ1) is 10.6. The number of carbonyl (C=O) groups excluding carboxylic acids is 1. The molecule has 0 aromatic heterocycles. The van der Waals surface area contributed by atoms with E-state index in [1.165, 1.54) is 6.07 Å². The van der Waals surface area contributed by atoms with Crippen molar-refractivity contribution >= 4 is 17.4 Å². The predicted octanol–water partition coefficient (Wildman–Crippen LogP) is 1.81. The summed E-state index contributed by atoms with van der Waals surface area (Å²) in [6, 6.07) is 4.56. The van der Waals surface area contributed by atoms with Crippen molar-refractivity contribution in [3.8, 4) is 0 Å². The molecule has 2 rings (SSSR count). The van der Waals surface area contributed by atoms with Crippen LogP contribution in [0.3, 0.4) is 0 Å². The number of hydrogen-bond donors (Lipinski definition) is 1. The second-order valence-electron chi connectivity index (χ2n) is 3.71. The van der Waals surface area contributed by atoms with Crippen LogP contribution in [-0.2, 0) is 11.2 Å². The standard InChI is InChI=1S/C11H11ClFNO/c12-11-7(2-1-3-9(11)13)4-10(15)8-5-14-6-8/h1-3,8,14H,4-6H2. The minimum absolute atomic E-state index is 0.0677. The summed E-state index contributed by atoms with van der Waals surface area (Å²) in [5.41, 5.74) is 0.577. The molecule has 0 bridgehead atoms.